The molecule has 3 heterocycles. The fraction of sp³-hybridized carbons (Fsp3) is 0.450. The molecule has 0 radical (unpaired) electrons. The first-order valence-corrected chi connectivity index (χ1v) is 8.56. The Kier molecular flexibility index (Phi) is 5.33. The molecule has 134 valence electrons. The van der Waals surface area contributed by atoms with Crippen molar-refractivity contribution in [3.63, 3.8) is 0 Å². The minimum absolute atomic E-state index is 0. The van der Waals surface area contributed by atoms with Gasteiger partial charge >= 0.3 is 0 Å². The predicted octanol–water partition coefficient (Wildman–Crippen LogP) is 4.19. The number of hydrogen-bond donors (Lipinski definition) is 0. The van der Waals surface area contributed by atoms with E-state index in [1.54, 1.807) is 6.20 Å². The van der Waals surface area contributed by atoms with E-state index in [9.17, 15) is 8.78 Å². The molecule has 4 rings (SSSR count). The number of halogens is 2. The zero-order valence-corrected chi connectivity index (χ0v) is 13.6. The van der Waals surface area contributed by atoms with Gasteiger partial charge < -0.3 is 9.80 Å². The first-order chi connectivity index (χ1) is 11.7. The third-order valence-corrected chi connectivity index (χ3v) is 5.05. The molecule has 5 heteroatoms. The Morgan fingerprint density at radius 2 is 1.68 bits per heavy atom. The molecule has 0 aliphatic carbocycles. The Labute approximate surface area is 148 Å². The molecule has 0 N–H and O–H groups in total. The van der Waals surface area contributed by atoms with Crippen LogP contribution in [0.25, 0.3) is 11.1 Å². The van der Waals surface area contributed by atoms with Crippen molar-refractivity contribution in [3.05, 3.63) is 48.3 Å². The summed E-state index contributed by atoms with van der Waals surface area (Å²) in [6.07, 6.45) is 6.07. The zero-order chi connectivity index (χ0) is 16.5. The number of nitrogens with zero attached hydrogens (tertiary/aromatic N) is 3. The molecule has 0 amide bonds. The zero-order valence-electron chi connectivity index (χ0n) is 13.6. The number of rotatable bonds is 2. The minimum atomic E-state index is -0.563. The Balaban J connectivity index is 0.00000182. The van der Waals surface area contributed by atoms with Gasteiger partial charge in [0, 0.05) is 44.0 Å². The summed E-state index contributed by atoms with van der Waals surface area (Å²) in [5, 5.41) is 0. The third kappa shape index (κ3) is 3.98. The smallest absolute Gasteiger partial charge is 0.126 e. The summed E-state index contributed by atoms with van der Waals surface area (Å²) in [6.45, 7) is 5.44. The van der Waals surface area contributed by atoms with Gasteiger partial charge in [-0.1, -0.05) is 7.43 Å². The molecule has 25 heavy (non-hydrogen) atoms. The number of aromatic nitrogens is 1. The molecule has 2 unspecified atom stereocenters. The topological polar surface area (TPSA) is 19.4 Å². The molecule has 2 fully saturated rings. The highest BCUT2D eigenvalue weighted by Gasteiger charge is 2.26. The van der Waals surface area contributed by atoms with Crippen LogP contribution in [0.15, 0.2) is 36.7 Å². The summed E-state index contributed by atoms with van der Waals surface area (Å²) in [4.78, 5) is 9.21. The SMILES string of the molecule is C.Fc1cc(F)cc(-c2cncc(N3CCN4CCCC(C4)C3)c2)c1. The highest BCUT2D eigenvalue weighted by Crippen LogP contribution is 2.28. The maximum Gasteiger partial charge on any atom is 0.126 e. The van der Waals surface area contributed by atoms with E-state index in [4.69, 9.17) is 0 Å². The van der Waals surface area contributed by atoms with Crippen molar-refractivity contribution in [2.24, 2.45) is 5.92 Å². The predicted molar refractivity (Wildman–Crippen MR) is 97.7 cm³/mol. The van der Waals surface area contributed by atoms with Crippen LogP contribution >= 0.6 is 0 Å². The number of piperidine rings is 1. The lowest BCUT2D eigenvalue weighted by Crippen LogP contribution is -2.35. The van der Waals surface area contributed by atoms with Crippen molar-refractivity contribution in [3.8, 4) is 11.1 Å². The van der Waals surface area contributed by atoms with Crippen molar-refractivity contribution in [2.75, 3.05) is 37.6 Å². The van der Waals surface area contributed by atoms with Crippen LogP contribution < -0.4 is 4.90 Å². The van der Waals surface area contributed by atoms with Gasteiger partial charge in [-0.3, -0.25) is 4.98 Å². The van der Waals surface area contributed by atoms with Crippen molar-refractivity contribution in [2.45, 2.75) is 20.3 Å². The van der Waals surface area contributed by atoms with Crippen molar-refractivity contribution < 1.29 is 8.78 Å². The van der Waals surface area contributed by atoms with Gasteiger partial charge in [0.25, 0.3) is 0 Å². The van der Waals surface area contributed by atoms with Crippen LogP contribution in [0.5, 0.6) is 0 Å². The lowest BCUT2D eigenvalue weighted by molar-refractivity contribution is 0.201. The second-order valence-electron chi connectivity index (χ2n) is 6.84. The lowest BCUT2D eigenvalue weighted by atomic mass is 9.98. The second-order valence-corrected chi connectivity index (χ2v) is 6.84. The molecule has 0 spiro atoms. The Morgan fingerprint density at radius 1 is 0.880 bits per heavy atom. The van der Waals surface area contributed by atoms with Crippen LogP contribution in [0, 0.1) is 17.6 Å². The van der Waals surface area contributed by atoms with Gasteiger partial charge in [0.2, 0.25) is 0 Å². The quantitative estimate of drug-likeness (QED) is 0.813. The number of benzene rings is 1. The summed E-state index contributed by atoms with van der Waals surface area (Å²) < 4.78 is 27.0. The van der Waals surface area contributed by atoms with Crippen molar-refractivity contribution >= 4 is 5.69 Å². The van der Waals surface area contributed by atoms with Gasteiger partial charge in [-0.05, 0) is 49.1 Å². The third-order valence-electron chi connectivity index (χ3n) is 5.05. The van der Waals surface area contributed by atoms with Crippen LogP contribution in [-0.2, 0) is 0 Å². The summed E-state index contributed by atoms with van der Waals surface area (Å²) in [7, 11) is 0. The number of hydrogen-bond acceptors (Lipinski definition) is 3. The van der Waals surface area contributed by atoms with E-state index in [-0.39, 0.29) is 7.43 Å². The highest BCUT2D eigenvalue weighted by molar-refractivity contribution is 5.67. The minimum Gasteiger partial charge on any atom is -0.369 e. The summed E-state index contributed by atoms with van der Waals surface area (Å²) in [6, 6.07) is 5.59. The van der Waals surface area contributed by atoms with Gasteiger partial charge in [0.15, 0.2) is 0 Å². The van der Waals surface area contributed by atoms with E-state index in [1.165, 1.54) is 38.1 Å². The fourth-order valence-electron chi connectivity index (χ4n) is 3.88. The van der Waals surface area contributed by atoms with Crippen LogP contribution in [0.3, 0.4) is 0 Å². The molecule has 2 bridgehead atoms. The first-order valence-electron chi connectivity index (χ1n) is 8.56. The molecule has 2 saturated heterocycles. The molecular weight excluding hydrogens is 320 g/mol. The molecule has 2 atom stereocenters. The first kappa shape index (κ1) is 17.8. The van der Waals surface area contributed by atoms with Gasteiger partial charge in [-0.2, -0.15) is 0 Å². The summed E-state index contributed by atoms with van der Waals surface area (Å²) >= 11 is 0. The fourth-order valence-corrected chi connectivity index (χ4v) is 3.88. The van der Waals surface area contributed by atoms with Crippen molar-refractivity contribution in [1.29, 1.82) is 0 Å². The monoisotopic (exact) mass is 345 g/mol. The Hall–Kier alpha value is -2.01. The molecule has 1 aromatic carbocycles. The van der Waals surface area contributed by atoms with Gasteiger partial charge in [0.05, 0.1) is 11.9 Å². The van der Waals surface area contributed by atoms with Crippen LogP contribution in [0.2, 0.25) is 0 Å². The number of anilines is 1. The van der Waals surface area contributed by atoms with Crippen molar-refractivity contribution in [1.82, 2.24) is 9.88 Å². The van der Waals surface area contributed by atoms with E-state index < -0.39 is 11.6 Å². The lowest BCUT2D eigenvalue weighted by Gasteiger charge is -2.29. The average molecular weight is 345 g/mol. The van der Waals surface area contributed by atoms with Crippen LogP contribution in [0.4, 0.5) is 14.5 Å². The maximum absolute atomic E-state index is 13.5. The molecule has 2 aliphatic rings. The summed E-state index contributed by atoms with van der Waals surface area (Å²) in [5.41, 5.74) is 2.31. The Bertz CT molecular complexity index is 714. The second kappa shape index (κ2) is 7.48. The molecule has 0 saturated carbocycles. The molecule has 2 aliphatic heterocycles. The Morgan fingerprint density at radius 3 is 2.48 bits per heavy atom. The maximum atomic E-state index is 13.5. The normalized spacial score (nSPS) is 22.9. The molecular formula is C20H25F2N3. The van der Waals surface area contributed by atoms with Gasteiger partial charge in [0.1, 0.15) is 11.6 Å². The largest absolute Gasteiger partial charge is 0.369 e. The van der Waals surface area contributed by atoms with Crippen LogP contribution in [-0.4, -0.2) is 42.6 Å². The average Bonchev–Trinajstić information content (AvgIpc) is 2.72. The van der Waals surface area contributed by atoms with Crippen LogP contribution in [0.1, 0.15) is 20.3 Å². The highest BCUT2D eigenvalue weighted by atomic mass is 19.1. The molecule has 3 nitrogen and oxygen atoms in total. The molecule has 2 aromatic rings. The summed E-state index contributed by atoms with van der Waals surface area (Å²) in [5.74, 6) is -0.435. The molecule has 1 aromatic heterocycles. The van der Waals surface area contributed by atoms with E-state index in [1.807, 2.05) is 12.3 Å². The number of fused-ring (bicyclic) bond motifs is 2. The van der Waals surface area contributed by atoms with Gasteiger partial charge in [-0.15, -0.1) is 0 Å². The van der Waals surface area contributed by atoms with E-state index >= 15 is 0 Å². The van der Waals surface area contributed by atoms with E-state index in [2.05, 4.69) is 14.8 Å². The van der Waals surface area contributed by atoms with Gasteiger partial charge in [-0.25, -0.2) is 8.78 Å². The standard InChI is InChI=1S/C19H21F2N3.CH4/c20-17-6-15(7-18(21)9-17)16-8-19(11-22-10-16)24-5-4-23-3-1-2-14(12-23)13-24;/h6-11,14H,1-5,12-13H2;1H4. The van der Waals surface area contributed by atoms with E-state index in [0.717, 1.165) is 37.0 Å². The number of pyridine rings is 1. The van der Waals surface area contributed by atoms with E-state index in [0.29, 0.717) is 11.5 Å².